The van der Waals surface area contributed by atoms with E-state index in [0.717, 1.165) is 28.1 Å². The van der Waals surface area contributed by atoms with Crippen LogP contribution in [0.5, 0.6) is 0 Å². The number of hydrogen-bond acceptors (Lipinski definition) is 2. The van der Waals surface area contributed by atoms with Crippen molar-refractivity contribution >= 4 is 32.4 Å². The average molecular weight is 330 g/mol. The minimum Gasteiger partial charge on any atom is -0.398 e. The highest BCUT2D eigenvalue weighted by atomic mass is 79.9. The van der Waals surface area contributed by atoms with Crippen molar-refractivity contribution in [2.75, 3.05) is 5.73 Å². The lowest BCUT2D eigenvalue weighted by Gasteiger charge is -2.27. The molecule has 1 aliphatic carbocycles. The summed E-state index contributed by atoms with van der Waals surface area (Å²) in [6, 6.07) is 5.62. The van der Waals surface area contributed by atoms with Crippen LogP contribution < -0.4 is 5.73 Å². The Labute approximate surface area is 120 Å². The third-order valence-corrected chi connectivity index (χ3v) is 6.22. The lowest BCUT2D eigenvalue weighted by molar-refractivity contribution is 0.353. The first-order valence-electron chi connectivity index (χ1n) is 6.57. The summed E-state index contributed by atoms with van der Waals surface area (Å²) >= 11 is 3.42. The first-order valence-corrected chi connectivity index (χ1v) is 8.58. The molecule has 0 aliphatic heterocycles. The van der Waals surface area contributed by atoms with E-state index in [0.29, 0.717) is 5.69 Å². The van der Waals surface area contributed by atoms with Crippen LogP contribution in [-0.4, -0.2) is 9.46 Å². The molecule has 2 nitrogen and oxygen atoms in total. The van der Waals surface area contributed by atoms with Gasteiger partial charge in [0.2, 0.25) is 0 Å². The van der Waals surface area contributed by atoms with Gasteiger partial charge in [-0.3, -0.25) is 4.21 Å². The first-order chi connectivity index (χ1) is 8.61. The molecule has 0 amide bonds. The molecule has 1 fully saturated rings. The fourth-order valence-electron chi connectivity index (χ4n) is 2.62. The fraction of sp³-hybridized carbons (Fsp3) is 0.571. The lowest BCUT2D eigenvalue weighted by Crippen LogP contribution is -2.23. The standard InChI is InChI=1S/C14H20BrNOS/c1-2-10-3-6-12(7-4-10)18(17)14-9-11(15)5-8-13(14)16/h5,8-10,12H,2-4,6-7,16H2,1H3. The van der Waals surface area contributed by atoms with Crippen LogP contribution >= 0.6 is 15.9 Å². The Bertz CT molecular complexity index is 441. The van der Waals surface area contributed by atoms with E-state index in [9.17, 15) is 4.21 Å². The smallest absolute Gasteiger partial charge is 0.0631 e. The quantitative estimate of drug-likeness (QED) is 0.848. The Hall–Kier alpha value is -0.350. The summed E-state index contributed by atoms with van der Waals surface area (Å²) in [6.45, 7) is 2.24. The third kappa shape index (κ3) is 3.15. The van der Waals surface area contributed by atoms with Gasteiger partial charge in [-0.05, 0) is 49.8 Å². The molecular formula is C14H20BrNOS. The summed E-state index contributed by atoms with van der Waals surface area (Å²) in [4.78, 5) is 0.796. The average Bonchev–Trinajstić information content (AvgIpc) is 2.41. The third-order valence-electron chi connectivity index (χ3n) is 3.87. The van der Waals surface area contributed by atoms with E-state index in [4.69, 9.17) is 5.73 Å². The van der Waals surface area contributed by atoms with E-state index >= 15 is 0 Å². The maximum Gasteiger partial charge on any atom is 0.0631 e. The lowest BCUT2D eigenvalue weighted by atomic mass is 9.87. The molecule has 1 aromatic carbocycles. The van der Waals surface area contributed by atoms with Gasteiger partial charge in [0.25, 0.3) is 0 Å². The highest BCUT2D eigenvalue weighted by Gasteiger charge is 2.26. The second-order valence-electron chi connectivity index (χ2n) is 5.03. The van der Waals surface area contributed by atoms with Gasteiger partial charge in [-0.25, -0.2) is 0 Å². The Morgan fingerprint density at radius 1 is 1.33 bits per heavy atom. The van der Waals surface area contributed by atoms with Crippen molar-refractivity contribution in [1.82, 2.24) is 0 Å². The molecule has 100 valence electrons. The number of nitrogen functional groups attached to an aromatic ring is 1. The van der Waals surface area contributed by atoms with Gasteiger partial charge in [-0.2, -0.15) is 0 Å². The molecule has 2 rings (SSSR count). The molecule has 1 atom stereocenters. The molecule has 1 aromatic rings. The summed E-state index contributed by atoms with van der Waals surface area (Å²) in [6.07, 6.45) is 5.80. The molecule has 0 radical (unpaired) electrons. The highest BCUT2D eigenvalue weighted by Crippen LogP contribution is 2.33. The van der Waals surface area contributed by atoms with E-state index in [1.165, 1.54) is 19.3 Å². The van der Waals surface area contributed by atoms with Crippen LogP contribution in [0.4, 0.5) is 5.69 Å². The van der Waals surface area contributed by atoms with Crippen LogP contribution in [0.25, 0.3) is 0 Å². The van der Waals surface area contributed by atoms with Gasteiger partial charge in [0, 0.05) is 15.4 Å². The van der Waals surface area contributed by atoms with Crippen molar-refractivity contribution in [2.45, 2.75) is 49.2 Å². The van der Waals surface area contributed by atoms with E-state index in [2.05, 4.69) is 22.9 Å². The second kappa shape index (κ2) is 6.20. The Morgan fingerprint density at radius 2 is 2.00 bits per heavy atom. The van der Waals surface area contributed by atoms with Gasteiger partial charge in [-0.1, -0.05) is 29.3 Å². The number of nitrogens with two attached hydrogens (primary N) is 1. The van der Waals surface area contributed by atoms with Crippen molar-refractivity contribution in [3.05, 3.63) is 22.7 Å². The summed E-state index contributed by atoms with van der Waals surface area (Å²) < 4.78 is 13.5. The van der Waals surface area contributed by atoms with E-state index in [1.54, 1.807) is 0 Å². The molecule has 1 unspecified atom stereocenters. The van der Waals surface area contributed by atoms with Crippen molar-refractivity contribution in [3.63, 3.8) is 0 Å². The zero-order valence-corrected chi connectivity index (χ0v) is 13.1. The van der Waals surface area contributed by atoms with Crippen LogP contribution in [0.15, 0.2) is 27.6 Å². The molecule has 0 bridgehead atoms. The number of halogens is 1. The van der Waals surface area contributed by atoms with Crippen molar-refractivity contribution in [2.24, 2.45) is 5.92 Å². The molecule has 0 spiro atoms. The van der Waals surface area contributed by atoms with Crippen LogP contribution in [0, 0.1) is 5.92 Å². The van der Waals surface area contributed by atoms with E-state index < -0.39 is 10.8 Å². The maximum absolute atomic E-state index is 12.6. The van der Waals surface area contributed by atoms with Crippen LogP contribution in [-0.2, 0) is 10.8 Å². The molecule has 1 aliphatic rings. The first kappa shape index (κ1) is 14.1. The Kier molecular flexibility index (Phi) is 4.84. The topological polar surface area (TPSA) is 43.1 Å². The van der Waals surface area contributed by atoms with Gasteiger partial charge < -0.3 is 5.73 Å². The molecule has 1 saturated carbocycles. The van der Waals surface area contributed by atoms with Gasteiger partial charge in [0.05, 0.1) is 15.7 Å². The zero-order valence-electron chi connectivity index (χ0n) is 10.7. The van der Waals surface area contributed by atoms with Gasteiger partial charge in [0.1, 0.15) is 0 Å². The van der Waals surface area contributed by atoms with Gasteiger partial charge in [-0.15, -0.1) is 0 Å². The number of anilines is 1. The van der Waals surface area contributed by atoms with Crippen LogP contribution in [0.1, 0.15) is 39.0 Å². The Balaban J connectivity index is 2.10. The monoisotopic (exact) mass is 329 g/mol. The molecule has 4 heteroatoms. The normalized spacial score (nSPS) is 25.9. The minimum absolute atomic E-state index is 0.282. The second-order valence-corrected chi connectivity index (χ2v) is 7.65. The van der Waals surface area contributed by atoms with Crippen molar-refractivity contribution in [3.8, 4) is 0 Å². The summed E-state index contributed by atoms with van der Waals surface area (Å²) in [7, 11) is -0.964. The predicted octanol–water partition coefficient (Wildman–Crippen LogP) is 4.11. The molecular weight excluding hydrogens is 310 g/mol. The van der Waals surface area contributed by atoms with E-state index in [1.807, 2.05) is 18.2 Å². The highest BCUT2D eigenvalue weighted by molar-refractivity contribution is 9.10. The van der Waals surface area contributed by atoms with Crippen LogP contribution in [0.3, 0.4) is 0 Å². The molecule has 0 saturated heterocycles. The largest absolute Gasteiger partial charge is 0.398 e. The Morgan fingerprint density at radius 3 is 2.61 bits per heavy atom. The molecule has 2 N–H and O–H groups in total. The number of hydrogen-bond donors (Lipinski definition) is 1. The van der Waals surface area contributed by atoms with E-state index in [-0.39, 0.29) is 5.25 Å². The maximum atomic E-state index is 12.6. The summed E-state index contributed by atoms with van der Waals surface area (Å²) in [5.41, 5.74) is 6.58. The summed E-state index contributed by atoms with van der Waals surface area (Å²) in [5, 5.41) is 0.282. The minimum atomic E-state index is -0.964. The number of benzene rings is 1. The SMILES string of the molecule is CCC1CCC(S(=O)c2cc(Br)ccc2N)CC1. The molecule has 18 heavy (non-hydrogen) atoms. The number of rotatable bonds is 3. The zero-order chi connectivity index (χ0) is 13.1. The fourth-order valence-corrected chi connectivity index (χ4v) is 4.73. The molecule has 0 aromatic heterocycles. The molecule has 0 heterocycles. The predicted molar refractivity (Wildman–Crippen MR) is 81.0 cm³/mol. The van der Waals surface area contributed by atoms with Crippen LogP contribution in [0.2, 0.25) is 0 Å². The van der Waals surface area contributed by atoms with Gasteiger partial charge >= 0.3 is 0 Å². The van der Waals surface area contributed by atoms with Crippen molar-refractivity contribution in [1.29, 1.82) is 0 Å². The summed E-state index contributed by atoms with van der Waals surface area (Å²) in [5.74, 6) is 0.832. The van der Waals surface area contributed by atoms with Crippen molar-refractivity contribution < 1.29 is 4.21 Å². The van der Waals surface area contributed by atoms with Gasteiger partial charge in [0.15, 0.2) is 0 Å².